The predicted molar refractivity (Wildman–Crippen MR) is 108 cm³/mol. The van der Waals surface area contributed by atoms with Crippen LogP contribution < -0.4 is 15.4 Å². The molecule has 0 radical (unpaired) electrons. The molecule has 1 amide bonds. The zero-order valence-electron chi connectivity index (χ0n) is 14.2. The molecule has 4 aromatic rings. The molecular formula is C18H16N4O2S2. The summed E-state index contributed by atoms with van der Waals surface area (Å²) in [5, 5.41) is 7.62. The van der Waals surface area contributed by atoms with Crippen molar-refractivity contribution >= 4 is 65.0 Å². The minimum atomic E-state index is -0.0897. The van der Waals surface area contributed by atoms with E-state index >= 15 is 0 Å². The molecule has 0 saturated carbocycles. The number of nitrogens with one attached hydrogen (secondary N) is 2. The maximum absolute atomic E-state index is 11.2. The smallest absolute Gasteiger partial charge is 0.221 e. The number of nitrogens with zero attached hydrogens (tertiary/aromatic N) is 2. The Balaban J connectivity index is 1.60. The number of ether oxygens (including phenoxy) is 1. The van der Waals surface area contributed by atoms with Gasteiger partial charge in [0.15, 0.2) is 10.3 Å². The van der Waals surface area contributed by atoms with Gasteiger partial charge in [0.05, 0.1) is 27.0 Å². The van der Waals surface area contributed by atoms with Gasteiger partial charge in [-0.05, 0) is 43.3 Å². The zero-order chi connectivity index (χ0) is 18.1. The van der Waals surface area contributed by atoms with E-state index in [1.807, 2.05) is 43.3 Å². The highest BCUT2D eigenvalue weighted by Crippen LogP contribution is 2.34. The van der Waals surface area contributed by atoms with Crippen LogP contribution in [0, 0.1) is 0 Å². The fourth-order valence-electron chi connectivity index (χ4n) is 2.57. The third-order valence-electron chi connectivity index (χ3n) is 3.59. The van der Waals surface area contributed by atoms with E-state index in [1.54, 1.807) is 11.3 Å². The summed E-state index contributed by atoms with van der Waals surface area (Å²) in [5.74, 6) is 0.758. The first-order valence-electron chi connectivity index (χ1n) is 8.09. The van der Waals surface area contributed by atoms with Gasteiger partial charge in [0.25, 0.3) is 0 Å². The van der Waals surface area contributed by atoms with Gasteiger partial charge in [-0.15, -0.1) is 0 Å². The van der Waals surface area contributed by atoms with Crippen molar-refractivity contribution in [3.8, 4) is 5.75 Å². The number of anilines is 3. The van der Waals surface area contributed by atoms with Crippen LogP contribution >= 0.6 is 22.7 Å². The van der Waals surface area contributed by atoms with E-state index in [4.69, 9.17) is 4.74 Å². The Morgan fingerprint density at radius 2 is 1.69 bits per heavy atom. The number of carbonyl (C=O) groups excluding carboxylic acids is 1. The maximum atomic E-state index is 11.2. The highest BCUT2D eigenvalue weighted by Gasteiger charge is 2.09. The highest BCUT2D eigenvalue weighted by atomic mass is 32.1. The molecule has 26 heavy (non-hydrogen) atoms. The lowest BCUT2D eigenvalue weighted by Gasteiger charge is -2.00. The zero-order valence-corrected chi connectivity index (χ0v) is 15.8. The Morgan fingerprint density at radius 1 is 1.04 bits per heavy atom. The first-order valence-corrected chi connectivity index (χ1v) is 9.72. The van der Waals surface area contributed by atoms with Crippen LogP contribution in [0.3, 0.4) is 0 Å². The van der Waals surface area contributed by atoms with Crippen molar-refractivity contribution in [1.82, 2.24) is 9.97 Å². The number of rotatable bonds is 5. The molecule has 2 heterocycles. The summed E-state index contributed by atoms with van der Waals surface area (Å²) in [6, 6.07) is 11.6. The van der Waals surface area contributed by atoms with Crippen molar-refractivity contribution < 1.29 is 9.53 Å². The number of carbonyl (C=O) groups is 1. The van der Waals surface area contributed by atoms with Crippen LogP contribution in [0.5, 0.6) is 5.75 Å². The normalized spacial score (nSPS) is 11.0. The molecule has 0 unspecified atom stereocenters. The summed E-state index contributed by atoms with van der Waals surface area (Å²) in [5.41, 5.74) is 2.57. The van der Waals surface area contributed by atoms with Gasteiger partial charge in [0, 0.05) is 12.6 Å². The SMILES string of the molecule is CCOc1ccc2nc(Nc3nc4ccc(NC(C)=O)cc4s3)sc2c1. The molecule has 0 atom stereocenters. The van der Waals surface area contributed by atoms with E-state index in [1.165, 1.54) is 18.3 Å². The van der Waals surface area contributed by atoms with Crippen LogP contribution in [0.15, 0.2) is 36.4 Å². The Labute approximate surface area is 157 Å². The average molecular weight is 384 g/mol. The highest BCUT2D eigenvalue weighted by molar-refractivity contribution is 7.24. The van der Waals surface area contributed by atoms with Gasteiger partial charge in [-0.2, -0.15) is 0 Å². The molecule has 0 spiro atoms. The van der Waals surface area contributed by atoms with Crippen LogP contribution in [0.2, 0.25) is 0 Å². The van der Waals surface area contributed by atoms with Crippen LogP contribution in [0.25, 0.3) is 20.4 Å². The van der Waals surface area contributed by atoms with Crippen LogP contribution in [0.1, 0.15) is 13.8 Å². The minimum Gasteiger partial charge on any atom is -0.494 e. The Hall–Kier alpha value is -2.71. The van der Waals surface area contributed by atoms with Gasteiger partial charge in [-0.25, -0.2) is 9.97 Å². The molecule has 132 valence electrons. The number of amides is 1. The molecule has 4 rings (SSSR count). The van der Waals surface area contributed by atoms with Crippen molar-refractivity contribution in [3.63, 3.8) is 0 Å². The van der Waals surface area contributed by atoms with Gasteiger partial charge in [0.1, 0.15) is 5.75 Å². The van der Waals surface area contributed by atoms with Crippen molar-refractivity contribution in [1.29, 1.82) is 0 Å². The van der Waals surface area contributed by atoms with Gasteiger partial charge in [-0.1, -0.05) is 22.7 Å². The molecule has 0 fully saturated rings. The van der Waals surface area contributed by atoms with E-state index in [0.29, 0.717) is 6.61 Å². The molecule has 8 heteroatoms. The summed E-state index contributed by atoms with van der Waals surface area (Å²) in [7, 11) is 0. The number of aromatic nitrogens is 2. The van der Waals surface area contributed by atoms with Gasteiger partial charge >= 0.3 is 0 Å². The number of fused-ring (bicyclic) bond motifs is 2. The maximum Gasteiger partial charge on any atom is 0.221 e. The molecule has 0 aliphatic carbocycles. The topological polar surface area (TPSA) is 76.1 Å². The molecule has 0 bridgehead atoms. The standard InChI is InChI=1S/C18H16N4O2S2/c1-3-24-12-5-7-14-16(9-12)26-18(21-14)22-17-20-13-6-4-11(19-10(2)23)8-15(13)25-17/h4-9H,3H2,1-2H3,(H,19,23)(H,20,21,22). The van der Waals surface area contributed by atoms with E-state index in [-0.39, 0.29) is 5.91 Å². The van der Waals surface area contributed by atoms with E-state index in [9.17, 15) is 4.79 Å². The second kappa shape index (κ2) is 6.89. The van der Waals surface area contributed by atoms with Crippen molar-refractivity contribution in [2.75, 3.05) is 17.2 Å². The first kappa shape index (κ1) is 16.7. The monoisotopic (exact) mass is 384 g/mol. The van der Waals surface area contributed by atoms with Crippen LogP contribution in [-0.4, -0.2) is 22.5 Å². The Kier molecular flexibility index (Phi) is 4.44. The summed E-state index contributed by atoms with van der Waals surface area (Å²) < 4.78 is 7.60. The summed E-state index contributed by atoms with van der Waals surface area (Å²) in [6.45, 7) is 4.10. The number of hydrogen-bond acceptors (Lipinski definition) is 7. The van der Waals surface area contributed by atoms with Crippen molar-refractivity contribution in [3.05, 3.63) is 36.4 Å². The Bertz CT molecular complexity index is 1100. The van der Waals surface area contributed by atoms with Crippen LogP contribution in [-0.2, 0) is 4.79 Å². The molecule has 2 aromatic heterocycles. The van der Waals surface area contributed by atoms with Crippen molar-refractivity contribution in [2.45, 2.75) is 13.8 Å². The van der Waals surface area contributed by atoms with E-state index in [0.717, 1.165) is 42.1 Å². The quantitative estimate of drug-likeness (QED) is 0.506. The van der Waals surface area contributed by atoms with Crippen LogP contribution in [0.4, 0.5) is 16.0 Å². The number of thiazole rings is 2. The first-order chi connectivity index (χ1) is 12.6. The fraction of sp³-hybridized carbons (Fsp3) is 0.167. The number of hydrogen-bond donors (Lipinski definition) is 2. The predicted octanol–water partition coefficient (Wildman–Crippen LogP) is 5.01. The molecule has 0 aliphatic heterocycles. The van der Waals surface area contributed by atoms with Gasteiger partial charge in [0.2, 0.25) is 5.91 Å². The minimum absolute atomic E-state index is 0.0897. The second-order valence-corrected chi connectivity index (χ2v) is 7.65. The average Bonchev–Trinajstić information content (AvgIpc) is 3.16. The lowest BCUT2D eigenvalue weighted by atomic mass is 10.3. The third kappa shape index (κ3) is 3.47. The van der Waals surface area contributed by atoms with E-state index in [2.05, 4.69) is 20.6 Å². The summed E-state index contributed by atoms with van der Waals surface area (Å²) in [6.07, 6.45) is 0. The second-order valence-electron chi connectivity index (χ2n) is 5.59. The largest absolute Gasteiger partial charge is 0.494 e. The third-order valence-corrected chi connectivity index (χ3v) is 5.46. The molecule has 2 aromatic carbocycles. The Morgan fingerprint density at radius 3 is 2.35 bits per heavy atom. The molecular weight excluding hydrogens is 368 g/mol. The van der Waals surface area contributed by atoms with E-state index < -0.39 is 0 Å². The molecule has 2 N–H and O–H groups in total. The number of benzene rings is 2. The summed E-state index contributed by atoms with van der Waals surface area (Å²) >= 11 is 3.08. The molecule has 0 aliphatic rings. The molecule has 0 saturated heterocycles. The fourth-order valence-corrected chi connectivity index (χ4v) is 4.43. The lowest BCUT2D eigenvalue weighted by molar-refractivity contribution is -0.114. The molecule has 6 nitrogen and oxygen atoms in total. The van der Waals surface area contributed by atoms with Gasteiger partial charge in [-0.3, -0.25) is 4.79 Å². The summed E-state index contributed by atoms with van der Waals surface area (Å²) in [4.78, 5) is 20.4. The lowest BCUT2D eigenvalue weighted by Crippen LogP contribution is -2.05. The van der Waals surface area contributed by atoms with Gasteiger partial charge < -0.3 is 15.4 Å². The van der Waals surface area contributed by atoms with Crippen molar-refractivity contribution in [2.24, 2.45) is 0 Å².